The molecule has 3 heteroatoms. The van der Waals surface area contributed by atoms with Gasteiger partial charge >= 0.3 is 0 Å². The molecule has 2 rings (SSSR count). The Morgan fingerprint density at radius 3 is 2.72 bits per heavy atom. The summed E-state index contributed by atoms with van der Waals surface area (Å²) in [6.07, 6.45) is 2.28. The van der Waals surface area contributed by atoms with Crippen LogP contribution >= 0.6 is 0 Å². The van der Waals surface area contributed by atoms with Gasteiger partial charge in [0.1, 0.15) is 5.75 Å². The Balaban J connectivity index is 1.81. The zero-order valence-electron chi connectivity index (χ0n) is 11.4. The van der Waals surface area contributed by atoms with E-state index >= 15 is 0 Å². The van der Waals surface area contributed by atoms with Crippen molar-refractivity contribution in [2.75, 3.05) is 13.7 Å². The number of methoxy groups -OCH3 is 1. The second-order valence-electron chi connectivity index (χ2n) is 5.84. The zero-order valence-corrected chi connectivity index (χ0v) is 11.4. The third kappa shape index (κ3) is 3.47. The van der Waals surface area contributed by atoms with Crippen molar-refractivity contribution in [1.29, 1.82) is 0 Å². The van der Waals surface area contributed by atoms with E-state index in [9.17, 15) is 5.11 Å². The van der Waals surface area contributed by atoms with Crippen molar-refractivity contribution < 1.29 is 9.84 Å². The Morgan fingerprint density at radius 1 is 1.39 bits per heavy atom. The van der Waals surface area contributed by atoms with Crippen molar-refractivity contribution in [3.8, 4) is 5.75 Å². The van der Waals surface area contributed by atoms with Crippen LogP contribution in [0.2, 0.25) is 0 Å². The van der Waals surface area contributed by atoms with Gasteiger partial charge in [-0.3, -0.25) is 0 Å². The average Bonchev–Trinajstić information content (AvgIpc) is 2.25. The molecule has 1 fully saturated rings. The van der Waals surface area contributed by atoms with Gasteiger partial charge in [0, 0.05) is 12.6 Å². The molecule has 18 heavy (non-hydrogen) atoms. The summed E-state index contributed by atoms with van der Waals surface area (Å²) in [6, 6.07) is 8.85. The number of aliphatic hydroxyl groups is 1. The van der Waals surface area contributed by atoms with E-state index in [0.717, 1.165) is 18.6 Å². The Labute approximate surface area is 109 Å². The highest BCUT2D eigenvalue weighted by Gasteiger charge is 2.31. The minimum atomic E-state index is -0.624. The van der Waals surface area contributed by atoms with E-state index in [0.29, 0.717) is 18.5 Å². The quantitative estimate of drug-likeness (QED) is 0.841. The van der Waals surface area contributed by atoms with Gasteiger partial charge < -0.3 is 15.2 Å². The van der Waals surface area contributed by atoms with Crippen molar-refractivity contribution in [3.05, 3.63) is 29.8 Å². The van der Waals surface area contributed by atoms with Crippen molar-refractivity contribution in [2.45, 2.75) is 44.2 Å². The maximum absolute atomic E-state index is 9.66. The van der Waals surface area contributed by atoms with Crippen molar-refractivity contribution in [3.63, 3.8) is 0 Å². The minimum absolute atomic E-state index is 0.535. The summed E-state index contributed by atoms with van der Waals surface area (Å²) < 4.78 is 5.24. The highest BCUT2D eigenvalue weighted by atomic mass is 16.5. The van der Waals surface area contributed by atoms with Crippen LogP contribution in [-0.2, 0) is 0 Å². The molecule has 1 aliphatic rings. The third-order valence-corrected chi connectivity index (χ3v) is 3.53. The Morgan fingerprint density at radius 2 is 2.11 bits per heavy atom. The molecule has 0 unspecified atom stereocenters. The van der Waals surface area contributed by atoms with Gasteiger partial charge in [-0.1, -0.05) is 12.1 Å². The summed E-state index contributed by atoms with van der Waals surface area (Å²) in [7, 11) is 1.70. The maximum Gasteiger partial charge on any atom is 0.119 e. The normalized spacial score (nSPS) is 23.6. The van der Waals surface area contributed by atoms with E-state index < -0.39 is 5.60 Å². The van der Waals surface area contributed by atoms with E-state index in [2.05, 4.69) is 17.4 Å². The van der Waals surface area contributed by atoms with Gasteiger partial charge in [-0.2, -0.15) is 0 Å². The summed E-state index contributed by atoms with van der Waals surface area (Å²) in [5.41, 5.74) is 0.733. The minimum Gasteiger partial charge on any atom is -0.497 e. The van der Waals surface area contributed by atoms with Crippen LogP contribution in [0.15, 0.2) is 24.3 Å². The fourth-order valence-electron chi connectivity index (χ4n) is 2.35. The number of hydrogen-bond acceptors (Lipinski definition) is 3. The molecule has 1 aromatic rings. The van der Waals surface area contributed by atoms with Gasteiger partial charge in [-0.25, -0.2) is 0 Å². The van der Waals surface area contributed by atoms with Gasteiger partial charge in [-0.15, -0.1) is 0 Å². The lowest BCUT2D eigenvalue weighted by Crippen LogP contribution is -2.46. The zero-order chi connectivity index (χ0) is 13.2. The van der Waals surface area contributed by atoms with E-state index in [1.54, 1.807) is 7.11 Å². The number of benzene rings is 1. The first-order valence-corrected chi connectivity index (χ1v) is 6.57. The predicted molar refractivity (Wildman–Crippen MR) is 73.1 cm³/mol. The molecular weight excluding hydrogens is 226 g/mol. The first-order valence-electron chi connectivity index (χ1n) is 6.57. The largest absolute Gasteiger partial charge is 0.497 e. The lowest BCUT2D eigenvalue weighted by atomic mass is 9.75. The fraction of sp³-hybridized carbons (Fsp3) is 0.600. The molecule has 1 aliphatic carbocycles. The molecule has 1 saturated carbocycles. The standard InChI is InChI=1S/C15H23NO2/c1-15(2,17)10-16-13-7-12(8-13)11-5-4-6-14(9-11)18-3/h4-6,9,12-13,16-17H,7-8,10H2,1-3H3. The number of nitrogens with one attached hydrogen (secondary N) is 1. The van der Waals surface area contributed by atoms with Crippen LogP contribution in [-0.4, -0.2) is 30.4 Å². The topological polar surface area (TPSA) is 41.5 Å². The lowest BCUT2D eigenvalue weighted by Gasteiger charge is -2.37. The summed E-state index contributed by atoms with van der Waals surface area (Å²) in [5, 5.41) is 13.1. The fourth-order valence-corrected chi connectivity index (χ4v) is 2.35. The van der Waals surface area contributed by atoms with Gasteiger partial charge in [0.25, 0.3) is 0 Å². The first kappa shape index (κ1) is 13.4. The van der Waals surface area contributed by atoms with Crippen LogP contribution in [0.3, 0.4) is 0 Å². The van der Waals surface area contributed by atoms with Crippen molar-refractivity contribution in [2.24, 2.45) is 0 Å². The third-order valence-electron chi connectivity index (χ3n) is 3.53. The molecule has 2 N–H and O–H groups in total. The first-order chi connectivity index (χ1) is 8.48. The molecule has 0 atom stereocenters. The number of rotatable bonds is 5. The monoisotopic (exact) mass is 249 g/mol. The van der Waals surface area contributed by atoms with E-state index in [-0.39, 0.29) is 0 Å². The lowest BCUT2D eigenvalue weighted by molar-refractivity contribution is 0.0708. The maximum atomic E-state index is 9.66. The molecule has 1 aromatic carbocycles. The van der Waals surface area contributed by atoms with Crippen LogP contribution in [0.5, 0.6) is 5.75 Å². The van der Waals surface area contributed by atoms with Crippen molar-refractivity contribution >= 4 is 0 Å². The SMILES string of the molecule is COc1cccc(C2CC(NCC(C)(C)O)C2)c1. The van der Waals surface area contributed by atoms with Gasteiger partial charge in [0.2, 0.25) is 0 Å². The summed E-state index contributed by atoms with van der Waals surface area (Å²) in [6.45, 7) is 4.32. The van der Waals surface area contributed by atoms with Gasteiger partial charge in [0.05, 0.1) is 12.7 Å². The van der Waals surface area contributed by atoms with Crippen molar-refractivity contribution in [1.82, 2.24) is 5.32 Å². The summed E-state index contributed by atoms with van der Waals surface area (Å²) >= 11 is 0. The van der Waals surface area contributed by atoms with Crippen LogP contribution in [0.1, 0.15) is 38.2 Å². The molecule has 0 aliphatic heterocycles. The van der Waals surface area contributed by atoms with Crippen LogP contribution in [0.25, 0.3) is 0 Å². The number of hydrogen-bond donors (Lipinski definition) is 2. The Hall–Kier alpha value is -1.06. The van der Waals surface area contributed by atoms with Gasteiger partial charge in [0.15, 0.2) is 0 Å². The van der Waals surface area contributed by atoms with Crippen LogP contribution < -0.4 is 10.1 Å². The summed E-state index contributed by atoms with van der Waals surface area (Å²) in [5.74, 6) is 1.56. The molecule has 0 amide bonds. The van der Waals surface area contributed by atoms with E-state index in [1.807, 2.05) is 26.0 Å². The molecule has 0 spiro atoms. The molecule has 100 valence electrons. The molecule has 3 nitrogen and oxygen atoms in total. The molecule has 0 aromatic heterocycles. The molecule has 0 heterocycles. The molecule has 0 saturated heterocycles. The second-order valence-corrected chi connectivity index (χ2v) is 5.84. The van der Waals surface area contributed by atoms with Crippen LogP contribution in [0.4, 0.5) is 0 Å². The molecule has 0 radical (unpaired) electrons. The molecule has 0 bridgehead atoms. The highest BCUT2D eigenvalue weighted by molar-refractivity contribution is 5.32. The van der Waals surface area contributed by atoms with E-state index in [1.165, 1.54) is 5.56 Å². The van der Waals surface area contributed by atoms with Crippen LogP contribution in [0, 0.1) is 0 Å². The predicted octanol–water partition coefficient (Wildman–Crippen LogP) is 2.30. The number of ether oxygens (including phenoxy) is 1. The average molecular weight is 249 g/mol. The smallest absolute Gasteiger partial charge is 0.119 e. The Bertz CT molecular complexity index is 392. The summed E-state index contributed by atoms with van der Waals surface area (Å²) in [4.78, 5) is 0. The Kier molecular flexibility index (Phi) is 3.93. The van der Waals surface area contributed by atoms with Gasteiger partial charge in [-0.05, 0) is 50.3 Å². The van der Waals surface area contributed by atoms with E-state index in [4.69, 9.17) is 4.74 Å². The molecular formula is C15H23NO2. The second kappa shape index (κ2) is 5.29. The highest BCUT2D eigenvalue weighted by Crippen LogP contribution is 2.37.